The molecule has 2 aromatic carbocycles. The van der Waals surface area contributed by atoms with Crippen LogP contribution in [0.1, 0.15) is 44.9 Å². The average Bonchev–Trinajstić information content (AvgIpc) is 3.68. The van der Waals surface area contributed by atoms with Gasteiger partial charge in [0.05, 0.1) is 4.90 Å². The molecule has 7 rings (SSSR count). The Morgan fingerprint density at radius 2 is 1.50 bits per heavy atom. The Balaban J connectivity index is 1.19. The second kappa shape index (κ2) is 8.15. The lowest BCUT2D eigenvalue weighted by Crippen LogP contribution is -2.64. The molecular formula is C28H33N3O4S. The number of nitrogens with two attached hydrogens (primary N) is 1. The Morgan fingerprint density at radius 1 is 0.917 bits per heavy atom. The summed E-state index contributed by atoms with van der Waals surface area (Å²) in [6.45, 7) is 0. The third-order valence-corrected chi connectivity index (χ3v) is 11.4. The highest BCUT2D eigenvalue weighted by molar-refractivity contribution is 7.89. The van der Waals surface area contributed by atoms with Crippen LogP contribution < -0.4 is 11.1 Å². The Morgan fingerprint density at radius 3 is 2.06 bits per heavy atom. The standard InChI is InChI=1S/C28H33N3O4S/c1-31(36(34,35)23-9-7-20(8-10-23)19-5-3-2-4-6-19)28(11-12-28)26(33)30-24-21-13-18-14-22(24)17-27(15-18,16-21)25(29)32/h2-10,18,21-22,24H,11-17H2,1H3,(H2,29,32)(H,30,33). The molecule has 0 aromatic heterocycles. The predicted molar refractivity (Wildman–Crippen MR) is 136 cm³/mol. The minimum atomic E-state index is -3.85. The fourth-order valence-electron chi connectivity index (χ4n) is 7.49. The zero-order chi connectivity index (χ0) is 25.3. The predicted octanol–water partition coefficient (Wildman–Crippen LogP) is 3.30. The molecule has 190 valence electrons. The van der Waals surface area contributed by atoms with Crippen LogP contribution in [0.2, 0.25) is 0 Å². The Bertz CT molecular complexity index is 1290. The van der Waals surface area contributed by atoms with Crippen LogP contribution in [0.3, 0.4) is 0 Å². The third kappa shape index (κ3) is 3.60. The van der Waals surface area contributed by atoms with Gasteiger partial charge < -0.3 is 11.1 Å². The highest BCUT2D eigenvalue weighted by Gasteiger charge is 2.61. The molecule has 0 heterocycles. The number of likely N-dealkylation sites (N-methyl/N-ethyl adjacent to an activating group) is 1. The molecule has 4 bridgehead atoms. The SMILES string of the molecule is CN(C1(C(=O)NC2C3CC4CC2CC(C(N)=O)(C4)C3)CC1)S(=O)(=O)c1ccc(-c2ccccc2)cc1. The summed E-state index contributed by atoms with van der Waals surface area (Å²) in [5.41, 5.74) is 6.29. The monoisotopic (exact) mass is 507 g/mol. The maximum absolute atomic E-state index is 13.6. The number of benzene rings is 2. The summed E-state index contributed by atoms with van der Waals surface area (Å²) in [6.07, 6.45) is 5.37. The molecule has 0 radical (unpaired) electrons. The van der Waals surface area contributed by atoms with E-state index >= 15 is 0 Å². The van der Waals surface area contributed by atoms with Crippen molar-refractivity contribution in [3.63, 3.8) is 0 Å². The van der Waals surface area contributed by atoms with Gasteiger partial charge in [-0.1, -0.05) is 42.5 Å². The van der Waals surface area contributed by atoms with E-state index in [-0.39, 0.29) is 34.6 Å². The largest absolute Gasteiger partial charge is 0.369 e. The van der Waals surface area contributed by atoms with Crippen molar-refractivity contribution in [1.82, 2.24) is 9.62 Å². The summed E-state index contributed by atoms with van der Waals surface area (Å²) < 4.78 is 28.3. The molecule has 2 atom stereocenters. The molecule has 0 spiro atoms. The van der Waals surface area contributed by atoms with Gasteiger partial charge in [-0.2, -0.15) is 4.31 Å². The summed E-state index contributed by atoms with van der Waals surface area (Å²) in [7, 11) is -2.33. The third-order valence-electron chi connectivity index (χ3n) is 9.46. The number of hydrogen-bond acceptors (Lipinski definition) is 4. The lowest BCUT2D eigenvalue weighted by molar-refractivity contribution is -0.148. The first kappa shape index (κ1) is 23.7. The summed E-state index contributed by atoms with van der Waals surface area (Å²) in [4.78, 5) is 26.0. The van der Waals surface area contributed by atoms with E-state index in [9.17, 15) is 18.0 Å². The second-order valence-corrected chi connectivity index (χ2v) is 13.5. The first-order chi connectivity index (χ1) is 17.1. The molecule has 36 heavy (non-hydrogen) atoms. The molecule has 3 N–H and O–H groups in total. The molecule has 5 aliphatic carbocycles. The maximum Gasteiger partial charge on any atom is 0.243 e. The number of carbonyl (C=O) groups is 2. The molecule has 0 aliphatic heterocycles. The van der Waals surface area contributed by atoms with E-state index in [0.717, 1.165) is 43.2 Å². The van der Waals surface area contributed by atoms with Crippen LogP contribution >= 0.6 is 0 Å². The number of amides is 2. The van der Waals surface area contributed by atoms with E-state index in [0.29, 0.717) is 18.8 Å². The van der Waals surface area contributed by atoms with Gasteiger partial charge in [-0.25, -0.2) is 8.42 Å². The van der Waals surface area contributed by atoms with E-state index in [2.05, 4.69) is 5.32 Å². The van der Waals surface area contributed by atoms with Crippen LogP contribution in [-0.4, -0.2) is 43.2 Å². The van der Waals surface area contributed by atoms with Gasteiger partial charge in [0.2, 0.25) is 21.8 Å². The van der Waals surface area contributed by atoms with Gasteiger partial charge in [0.25, 0.3) is 0 Å². The van der Waals surface area contributed by atoms with Gasteiger partial charge in [0.1, 0.15) is 5.54 Å². The topological polar surface area (TPSA) is 110 Å². The number of sulfonamides is 1. The summed E-state index contributed by atoms with van der Waals surface area (Å²) in [5, 5.41) is 3.26. The highest BCUT2D eigenvalue weighted by Crippen LogP contribution is 2.60. The van der Waals surface area contributed by atoms with E-state index in [1.807, 2.05) is 30.3 Å². The second-order valence-electron chi connectivity index (χ2n) is 11.5. The molecule has 5 saturated carbocycles. The minimum absolute atomic E-state index is 0.0136. The number of carbonyl (C=O) groups excluding carboxylic acids is 2. The Labute approximate surface area is 212 Å². The van der Waals surface area contributed by atoms with Crippen molar-refractivity contribution in [3.05, 3.63) is 54.6 Å². The van der Waals surface area contributed by atoms with E-state index < -0.39 is 21.0 Å². The van der Waals surface area contributed by atoms with E-state index in [1.165, 1.54) is 11.4 Å². The first-order valence-electron chi connectivity index (χ1n) is 12.9. The van der Waals surface area contributed by atoms with Crippen LogP contribution in [0, 0.1) is 23.2 Å². The lowest BCUT2D eigenvalue weighted by atomic mass is 9.47. The van der Waals surface area contributed by atoms with Crippen molar-refractivity contribution in [2.24, 2.45) is 28.9 Å². The molecule has 5 fully saturated rings. The zero-order valence-corrected chi connectivity index (χ0v) is 21.3. The van der Waals surface area contributed by atoms with Crippen molar-refractivity contribution in [2.45, 2.75) is 61.4 Å². The first-order valence-corrected chi connectivity index (χ1v) is 14.3. The van der Waals surface area contributed by atoms with E-state index in [4.69, 9.17) is 5.73 Å². The summed E-state index contributed by atoms with van der Waals surface area (Å²) >= 11 is 0. The Kier molecular flexibility index (Phi) is 5.36. The van der Waals surface area contributed by atoms with Gasteiger partial charge in [0, 0.05) is 18.5 Å². The van der Waals surface area contributed by atoms with Crippen LogP contribution in [0.25, 0.3) is 11.1 Å². The molecule has 8 heteroatoms. The molecule has 7 nitrogen and oxygen atoms in total. The molecule has 2 amide bonds. The van der Waals surface area contributed by atoms with Crippen molar-refractivity contribution in [1.29, 1.82) is 0 Å². The van der Waals surface area contributed by atoms with Crippen LogP contribution in [0.5, 0.6) is 0 Å². The molecule has 2 unspecified atom stereocenters. The quantitative estimate of drug-likeness (QED) is 0.599. The summed E-state index contributed by atoms with van der Waals surface area (Å²) in [6, 6.07) is 16.6. The van der Waals surface area contributed by atoms with Crippen molar-refractivity contribution in [3.8, 4) is 11.1 Å². The van der Waals surface area contributed by atoms with Crippen molar-refractivity contribution >= 4 is 21.8 Å². The highest BCUT2D eigenvalue weighted by atomic mass is 32.2. The number of rotatable bonds is 7. The number of nitrogens with one attached hydrogen (secondary N) is 1. The lowest BCUT2D eigenvalue weighted by Gasteiger charge is -2.59. The average molecular weight is 508 g/mol. The molecule has 0 saturated heterocycles. The minimum Gasteiger partial charge on any atom is -0.369 e. The fraction of sp³-hybridized carbons (Fsp3) is 0.500. The number of primary amides is 1. The zero-order valence-electron chi connectivity index (χ0n) is 20.5. The normalized spacial score (nSPS) is 31.8. The van der Waals surface area contributed by atoms with Gasteiger partial charge in [-0.15, -0.1) is 0 Å². The maximum atomic E-state index is 13.6. The number of hydrogen-bond donors (Lipinski definition) is 2. The van der Waals surface area contributed by atoms with Crippen LogP contribution in [0.15, 0.2) is 59.5 Å². The Hall–Kier alpha value is -2.71. The van der Waals surface area contributed by atoms with Crippen molar-refractivity contribution in [2.75, 3.05) is 7.05 Å². The molecule has 5 aliphatic rings. The van der Waals surface area contributed by atoms with Crippen LogP contribution in [-0.2, 0) is 19.6 Å². The summed E-state index contributed by atoms with van der Waals surface area (Å²) in [5.74, 6) is 0.557. The van der Waals surface area contributed by atoms with Gasteiger partial charge in [0.15, 0.2) is 0 Å². The fourth-order valence-corrected chi connectivity index (χ4v) is 9.01. The van der Waals surface area contributed by atoms with Crippen LogP contribution in [0.4, 0.5) is 0 Å². The van der Waals surface area contributed by atoms with Gasteiger partial charge >= 0.3 is 0 Å². The van der Waals surface area contributed by atoms with E-state index in [1.54, 1.807) is 24.3 Å². The van der Waals surface area contributed by atoms with Gasteiger partial charge in [-0.3, -0.25) is 9.59 Å². The molecular weight excluding hydrogens is 474 g/mol. The smallest absolute Gasteiger partial charge is 0.243 e. The number of nitrogens with zero attached hydrogens (tertiary/aromatic N) is 1. The van der Waals surface area contributed by atoms with Gasteiger partial charge in [-0.05, 0) is 86.0 Å². The molecule has 2 aromatic rings. The van der Waals surface area contributed by atoms with Crippen molar-refractivity contribution < 1.29 is 18.0 Å².